The minimum absolute atomic E-state index is 0.0420. The van der Waals surface area contributed by atoms with E-state index < -0.39 is 5.97 Å². The summed E-state index contributed by atoms with van der Waals surface area (Å²) in [5.74, 6) is 0.464. The predicted octanol–water partition coefficient (Wildman–Crippen LogP) is 3.36. The molecule has 0 unspecified atom stereocenters. The van der Waals surface area contributed by atoms with Crippen molar-refractivity contribution in [3.63, 3.8) is 0 Å². The van der Waals surface area contributed by atoms with Gasteiger partial charge >= 0.3 is 5.97 Å². The molecule has 1 aliphatic carbocycles. The van der Waals surface area contributed by atoms with Crippen LogP contribution in [-0.4, -0.2) is 34.1 Å². The molecule has 0 bridgehead atoms. The third kappa shape index (κ3) is 3.56. The fourth-order valence-corrected chi connectivity index (χ4v) is 2.21. The Morgan fingerprint density at radius 1 is 1.43 bits per heavy atom. The average Bonchev–Trinajstić information content (AvgIpc) is 2.94. The number of carbonyl (C=O) groups excluding carboxylic acids is 1. The maximum absolute atomic E-state index is 11.8. The SMILES string of the molecule is CCOC(=O)c1[nH]nnc1Oc1ccc(Cl)c(OC2CCC2)c1. The number of esters is 1. The lowest BCUT2D eigenvalue weighted by Crippen LogP contribution is -2.24. The topological polar surface area (TPSA) is 86.3 Å². The summed E-state index contributed by atoms with van der Waals surface area (Å²) in [4.78, 5) is 11.8. The maximum Gasteiger partial charge on any atom is 0.362 e. The third-order valence-electron chi connectivity index (χ3n) is 3.46. The Morgan fingerprint density at radius 2 is 2.26 bits per heavy atom. The molecule has 7 nitrogen and oxygen atoms in total. The van der Waals surface area contributed by atoms with Gasteiger partial charge in [0.1, 0.15) is 11.5 Å². The average molecular weight is 338 g/mol. The lowest BCUT2D eigenvalue weighted by Gasteiger charge is -2.26. The van der Waals surface area contributed by atoms with Crippen molar-refractivity contribution in [2.75, 3.05) is 6.61 Å². The van der Waals surface area contributed by atoms with Gasteiger partial charge in [-0.25, -0.2) is 9.89 Å². The van der Waals surface area contributed by atoms with E-state index in [1.165, 1.54) is 6.42 Å². The first-order valence-electron chi connectivity index (χ1n) is 7.39. The highest BCUT2D eigenvalue weighted by molar-refractivity contribution is 6.32. The van der Waals surface area contributed by atoms with Gasteiger partial charge in [0.15, 0.2) is 0 Å². The van der Waals surface area contributed by atoms with Crippen LogP contribution in [0.15, 0.2) is 18.2 Å². The first-order chi connectivity index (χ1) is 11.2. The molecule has 1 saturated carbocycles. The van der Waals surface area contributed by atoms with E-state index in [2.05, 4.69) is 15.4 Å². The number of aromatic nitrogens is 3. The van der Waals surface area contributed by atoms with E-state index in [4.69, 9.17) is 25.8 Å². The molecule has 1 aliphatic rings. The van der Waals surface area contributed by atoms with E-state index in [0.717, 1.165) is 12.8 Å². The van der Waals surface area contributed by atoms with Gasteiger partial charge in [-0.1, -0.05) is 21.9 Å². The van der Waals surface area contributed by atoms with E-state index in [0.29, 0.717) is 16.5 Å². The van der Waals surface area contributed by atoms with Gasteiger partial charge < -0.3 is 14.2 Å². The summed E-state index contributed by atoms with van der Waals surface area (Å²) in [5, 5.41) is 10.3. The lowest BCUT2D eigenvalue weighted by atomic mass is 9.96. The Labute approximate surface area is 137 Å². The van der Waals surface area contributed by atoms with Crippen molar-refractivity contribution >= 4 is 17.6 Å². The molecule has 8 heteroatoms. The molecule has 0 atom stereocenters. The Kier molecular flexibility index (Phi) is 4.66. The first kappa shape index (κ1) is 15.6. The first-order valence-corrected chi connectivity index (χ1v) is 7.77. The number of halogens is 1. The molecular formula is C15H16ClN3O4. The highest BCUT2D eigenvalue weighted by atomic mass is 35.5. The zero-order valence-electron chi connectivity index (χ0n) is 12.5. The van der Waals surface area contributed by atoms with Gasteiger partial charge in [-0.2, -0.15) is 0 Å². The molecule has 1 aromatic heterocycles. The van der Waals surface area contributed by atoms with E-state index in [9.17, 15) is 4.79 Å². The second kappa shape index (κ2) is 6.87. The quantitative estimate of drug-likeness (QED) is 0.813. The summed E-state index contributed by atoms with van der Waals surface area (Å²) in [7, 11) is 0. The fraction of sp³-hybridized carbons (Fsp3) is 0.400. The Bertz CT molecular complexity index is 700. The summed E-state index contributed by atoms with van der Waals surface area (Å²) in [6, 6.07) is 5.01. The second-order valence-electron chi connectivity index (χ2n) is 5.08. The van der Waals surface area contributed by atoms with Crippen LogP contribution in [0, 0.1) is 0 Å². The molecule has 1 fully saturated rings. The zero-order chi connectivity index (χ0) is 16.2. The molecule has 0 spiro atoms. The summed E-state index contributed by atoms with van der Waals surface area (Å²) in [6.45, 7) is 1.96. The van der Waals surface area contributed by atoms with Crippen LogP contribution < -0.4 is 9.47 Å². The number of carbonyl (C=O) groups is 1. The molecule has 0 aliphatic heterocycles. The highest BCUT2D eigenvalue weighted by Crippen LogP contribution is 2.34. The van der Waals surface area contributed by atoms with Crippen LogP contribution >= 0.6 is 11.6 Å². The smallest absolute Gasteiger partial charge is 0.362 e. The fourth-order valence-electron chi connectivity index (χ4n) is 2.04. The molecular weight excluding hydrogens is 322 g/mol. The van der Waals surface area contributed by atoms with Gasteiger partial charge in [0.2, 0.25) is 5.69 Å². The highest BCUT2D eigenvalue weighted by Gasteiger charge is 2.22. The zero-order valence-corrected chi connectivity index (χ0v) is 13.3. The molecule has 0 saturated heterocycles. The molecule has 2 aromatic rings. The van der Waals surface area contributed by atoms with Crippen molar-refractivity contribution in [1.29, 1.82) is 0 Å². The molecule has 23 heavy (non-hydrogen) atoms. The third-order valence-corrected chi connectivity index (χ3v) is 3.77. The van der Waals surface area contributed by atoms with E-state index in [1.807, 2.05) is 0 Å². The Hall–Kier alpha value is -2.28. The van der Waals surface area contributed by atoms with Crippen LogP contribution in [0.3, 0.4) is 0 Å². The van der Waals surface area contributed by atoms with Crippen LogP contribution in [0.1, 0.15) is 36.7 Å². The number of nitrogens with one attached hydrogen (secondary N) is 1. The normalized spacial score (nSPS) is 14.2. The minimum Gasteiger partial charge on any atom is -0.489 e. The number of nitrogens with zero attached hydrogens (tertiary/aromatic N) is 2. The maximum atomic E-state index is 11.8. The number of H-pyrrole nitrogens is 1. The Balaban J connectivity index is 1.76. The van der Waals surface area contributed by atoms with Gasteiger partial charge in [0, 0.05) is 6.07 Å². The molecule has 1 aromatic carbocycles. The summed E-state index contributed by atoms with van der Waals surface area (Å²) in [5.41, 5.74) is 0.0586. The standard InChI is InChI=1S/C15H16ClN3O4/c1-2-21-15(20)13-14(18-19-17-13)23-10-6-7-11(16)12(8-10)22-9-4-3-5-9/h6-9H,2-5H2,1H3,(H,17,18,19). The monoisotopic (exact) mass is 337 g/mol. The molecule has 0 amide bonds. The van der Waals surface area contributed by atoms with E-state index >= 15 is 0 Å². The van der Waals surface area contributed by atoms with Crippen molar-refractivity contribution in [3.8, 4) is 17.4 Å². The van der Waals surface area contributed by atoms with Crippen molar-refractivity contribution in [1.82, 2.24) is 15.4 Å². The van der Waals surface area contributed by atoms with Gasteiger partial charge in [-0.3, -0.25) is 0 Å². The molecule has 1 N–H and O–H groups in total. The van der Waals surface area contributed by atoms with Gasteiger partial charge in [0.25, 0.3) is 5.88 Å². The van der Waals surface area contributed by atoms with Crippen molar-refractivity contribution in [3.05, 3.63) is 28.9 Å². The van der Waals surface area contributed by atoms with Gasteiger partial charge in [0.05, 0.1) is 17.7 Å². The predicted molar refractivity (Wildman–Crippen MR) is 82.1 cm³/mol. The molecule has 0 radical (unpaired) electrons. The summed E-state index contributed by atoms with van der Waals surface area (Å²) >= 11 is 6.14. The van der Waals surface area contributed by atoms with Gasteiger partial charge in [-0.15, -0.1) is 0 Å². The van der Waals surface area contributed by atoms with E-state index in [1.54, 1.807) is 25.1 Å². The number of hydrogen-bond acceptors (Lipinski definition) is 6. The Morgan fingerprint density at radius 3 is 2.96 bits per heavy atom. The molecule has 122 valence electrons. The second-order valence-corrected chi connectivity index (χ2v) is 5.48. The largest absolute Gasteiger partial charge is 0.489 e. The van der Waals surface area contributed by atoms with Crippen molar-refractivity contribution < 1.29 is 19.0 Å². The van der Waals surface area contributed by atoms with Crippen LogP contribution in [0.2, 0.25) is 5.02 Å². The van der Waals surface area contributed by atoms with E-state index in [-0.39, 0.29) is 24.3 Å². The molecule has 1 heterocycles. The number of benzene rings is 1. The van der Waals surface area contributed by atoms with Crippen LogP contribution in [0.4, 0.5) is 0 Å². The number of hydrogen-bond donors (Lipinski definition) is 1. The minimum atomic E-state index is -0.576. The molecule has 3 rings (SSSR count). The van der Waals surface area contributed by atoms with Crippen molar-refractivity contribution in [2.45, 2.75) is 32.3 Å². The van der Waals surface area contributed by atoms with Crippen LogP contribution in [0.5, 0.6) is 17.4 Å². The van der Waals surface area contributed by atoms with Gasteiger partial charge in [-0.05, 0) is 38.3 Å². The number of aromatic amines is 1. The lowest BCUT2D eigenvalue weighted by molar-refractivity contribution is 0.0516. The van der Waals surface area contributed by atoms with Crippen molar-refractivity contribution in [2.24, 2.45) is 0 Å². The van der Waals surface area contributed by atoms with Crippen LogP contribution in [0.25, 0.3) is 0 Å². The summed E-state index contributed by atoms with van der Waals surface area (Å²) in [6.07, 6.45) is 3.42. The summed E-state index contributed by atoms with van der Waals surface area (Å²) < 4.78 is 16.3. The number of ether oxygens (including phenoxy) is 3. The number of rotatable bonds is 6. The van der Waals surface area contributed by atoms with Crippen LogP contribution in [-0.2, 0) is 4.74 Å².